The van der Waals surface area contributed by atoms with E-state index in [9.17, 15) is 9.90 Å². The molecule has 0 aliphatic rings. The van der Waals surface area contributed by atoms with E-state index >= 15 is 0 Å². The topological polar surface area (TPSA) is 61.7 Å². The first-order valence-corrected chi connectivity index (χ1v) is 7.71. The molecule has 2 N–H and O–H groups in total. The number of amides is 1. The first-order chi connectivity index (χ1) is 10.4. The summed E-state index contributed by atoms with van der Waals surface area (Å²) < 4.78 is 0.685. The van der Waals surface area contributed by atoms with Crippen molar-refractivity contribution in [2.75, 3.05) is 0 Å². The number of hydrazone groups is 1. The molecule has 0 aliphatic heterocycles. The van der Waals surface area contributed by atoms with Crippen LogP contribution in [0.15, 0.2) is 39.9 Å². The number of halogens is 3. The number of phenols is 1. The van der Waals surface area contributed by atoms with Crippen LogP contribution in [-0.2, 0) is 0 Å². The Labute approximate surface area is 145 Å². The summed E-state index contributed by atoms with van der Waals surface area (Å²) in [5.41, 5.74) is 4.00. The van der Waals surface area contributed by atoms with Gasteiger partial charge in [-0.25, -0.2) is 5.43 Å². The highest BCUT2D eigenvalue weighted by Gasteiger charge is 2.10. The Kier molecular flexibility index (Phi) is 5.45. The van der Waals surface area contributed by atoms with Gasteiger partial charge in [0.15, 0.2) is 0 Å². The minimum absolute atomic E-state index is 0.115. The van der Waals surface area contributed by atoms with E-state index in [1.54, 1.807) is 30.3 Å². The molecule has 0 spiro atoms. The summed E-state index contributed by atoms with van der Waals surface area (Å²) in [5, 5.41) is 14.1. The molecule has 114 valence electrons. The normalized spacial score (nSPS) is 10.9. The first-order valence-electron chi connectivity index (χ1n) is 6.16. The number of aromatic hydroxyl groups is 1. The Morgan fingerprint density at radius 3 is 2.68 bits per heavy atom. The minimum atomic E-state index is -0.443. The molecule has 0 saturated heterocycles. The monoisotopic (exact) mass is 400 g/mol. The van der Waals surface area contributed by atoms with Gasteiger partial charge in [0, 0.05) is 10.0 Å². The highest BCUT2D eigenvalue weighted by atomic mass is 79.9. The summed E-state index contributed by atoms with van der Waals surface area (Å²) in [5.74, 6) is -0.557. The van der Waals surface area contributed by atoms with Crippen molar-refractivity contribution >= 4 is 51.3 Å². The highest BCUT2D eigenvalue weighted by molar-refractivity contribution is 9.10. The standard InChI is InChI=1S/C15H11BrCl2N2O2/c1-8-2-3-11(12(17)4-8)15(22)20-19-7-9-5-10(16)6-13(18)14(9)21/h2-7,21H,1H3,(H,20,22)/b19-7+. The zero-order chi connectivity index (χ0) is 16.3. The van der Waals surface area contributed by atoms with Gasteiger partial charge in [0.1, 0.15) is 5.75 Å². The number of carbonyl (C=O) groups is 1. The first kappa shape index (κ1) is 16.8. The second-order valence-electron chi connectivity index (χ2n) is 4.51. The maximum absolute atomic E-state index is 12.0. The van der Waals surface area contributed by atoms with E-state index in [4.69, 9.17) is 23.2 Å². The Morgan fingerprint density at radius 2 is 2.00 bits per heavy atom. The van der Waals surface area contributed by atoms with Crippen molar-refractivity contribution in [3.8, 4) is 5.75 Å². The lowest BCUT2D eigenvalue weighted by Gasteiger charge is -2.04. The SMILES string of the molecule is Cc1ccc(C(=O)N/N=C/c2cc(Br)cc(Cl)c2O)c(Cl)c1. The fourth-order valence-electron chi connectivity index (χ4n) is 1.71. The predicted octanol–water partition coefficient (Wildman–Crippen LogP) is 4.53. The molecular formula is C15H11BrCl2N2O2. The van der Waals surface area contributed by atoms with Gasteiger partial charge < -0.3 is 5.11 Å². The molecule has 0 aliphatic carbocycles. The number of nitrogens with zero attached hydrogens (tertiary/aromatic N) is 1. The lowest BCUT2D eigenvalue weighted by Crippen LogP contribution is -2.18. The molecule has 2 rings (SSSR count). The van der Waals surface area contributed by atoms with Crippen LogP contribution >= 0.6 is 39.1 Å². The third-order valence-corrected chi connectivity index (χ3v) is 3.86. The summed E-state index contributed by atoms with van der Waals surface area (Å²) in [7, 11) is 0. The van der Waals surface area contributed by atoms with E-state index in [0.29, 0.717) is 20.6 Å². The van der Waals surface area contributed by atoms with E-state index in [-0.39, 0.29) is 10.8 Å². The van der Waals surface area contributed by atoms with Crippen molar-refractivity contribution < 1.29 is 9.90 Å². The fourth-order valence-corrected chi connectivity index (χ4v) is 2.86. The average molecular weight is 402 g/mol. The third kappa shape index (κ3) is 4.00. The predicted molar refractivity (Wildman–Crippen MR) is 92.1 cm³/mol. The molecule has 0 saturated carbocycles. The summed E-state index contributed by atoms with van der Waals surface area (Å²) in [6.07, 6.45) is 1.30. The zero-order valence-corrected chi connectivity index (χ0v) is 14.5. The molecular weight excluding hydrogens is 391 g/mol. The van der Waals surface area contributed by atoms with Crippen LogP contribution in [0.4, 0.5) is 0 Å². The second kappa shape index (κ2) is 7.13. The van der Waals surface area contributed by atoms with Gasteiger partial charge in [-0.05, 0) is 36.8 Å². The number of nitrogens with one attached hydrogen (secondary N) is 1. The van der Waals surface area contributed by atoms with Crippen molar-refractivity contribution in [1.82, 2.24) is 5.43 Å². The molecule has 0 fully saturated rings. The molecule has 2 aromatic rings. The average Bonchev–Trinajstić information content (AvgIpc) is 2.43. The van der Waals surface area contributed by atoms with Crippen molar-refractivity contribution in [3.63, 3.8) is 0 Å². The molecule has 0 radical (unpaired) electrons. The number of aryl methyl sites for hydroxylation is 1. The Bertz CT molecular complexity index is 763. The number of rotatable bonds is 3. The molecule has 2 aromatic carbocycles. The molecule has 0 unspecified atom stereocenters. The number of hydrogen-bond acceptors (Lipinski definition) is 3. The van der Waals surface area contributed by atoms with Crippen LogP contribution in [0, 0.1) is 6.92 Å². The van der Waals surface area contributed by atoms with Gasteiger partial charge in [-0.2, -0.15) is 5.10 Å². The largest absolute Gasteiger partial charge is 0.506 e. The molecule has 22 heavy (non-hydrogen) atoms. The van der Waals surface area contributed by atoms with Crippen LogP contribution in [0.25, 0.3) is 0 Å². The Balaban J connectivity index is 2.14. The quantitative estimate of drug-likeness (QED) is 0.586. The second-order valence-corrected chi connectivity index (χ2v) is 6.24. The Hall–Kier alpha value is -1.56. The number of phenolic OH excluding ortho intramolecular Hbond substituents is 1. The summed E-state index contributed by atoms with van der Waals surface area (Å²) in [4.78, 5) is 12.0. The van der Waals surface area contributed by atoms with Gasteiger partial charge in [-0.3, -0.25) is 4.79 Å². The van der Waals surface area contributed by atoms with Crippen LogP contribution in [0.3, 0.4) is 0 Å². The van der Waals surface area contributed by atoms with E-state index in [1.807, 2.05) is 6.92 Å². The van der Waals surface area contributed by atoms with Crippen LogP contribution in [-0.4, -0.2) is 17.2 Å². The molecule has 0 bridgehead atoms. The molecule has 0 aromatic heterocycles. The lowest BCUT2D eigenvalue weighted by atomic mass is 10.1. The number of carbonyl (C=O) groups excluding carboxylic acids is 1. The number of hydrogen-bond donors (Lipinski definition) is 2. The van der Waals surface area contributed by atoms with Crippen LogP contribution in [0.5, 0.6) is 5.75 Å². The van der Waals surface area contributed by atoms with Crippen molar-refractivity contribution in [2.24, 2.45) is 5.10 Å². The molecule has 1 amide bonds. The van der Waals surface area contributed by atoms with Gasteiger partial charge in [0.2, 0.25) is 0 Å². The van der Waals surface area contributed by atoms with E-state index in [1.165, 1.54) is 6.21 Å². The van der Waals surface area contributed by atoms with E-state index in [2.05, 4.69) is 26.5 Å². The lowest BCUT2D eigenvalue weighted by molar-refractivity contribution is 0.0955. The van der Waals surface area contributed by atoms with Crippen LogP contribution in [0.1, 0.15) is 21.5 Å². The summed E-state index contributed by atoms with van der Waals surface area (Å²) >= 11 is 15.1. The van der Waals surface area contributed by atoms with Crippen molar-refractivity contribution in [3.05, 3.63) is 61.5 Å². The molecule has 4 nitrogen and oxygen atoms in total. The van der Waals surface area contributed by atoms with Crippen molar-refractivity contribution in [1.29, 1.82) is 0 Å². The smallest absolute Gasteiger partial charge is 0.272 e. The highest BCUT2D eigenvalue weighted by Crippen LogP contribution is 2.30. The molecule has 0 atom stereocenters. The van der Waals surface area contributed by atoms with Gasteiger partial charge in [0.25, 0.3) is 5.91 Å². The summed E-state index contributed by atoms with van der Waals surface area (Å²) in [6, 6.07) is 8.27. The molecule has 0 heterocycles. The zero-order valence-electron chi connectivity index (χ0n) is 11.4. The van der Waals surface area contributed by atoms with Crippen molar-refractivity contribution in [2.45, 2.75) is 6.92 Å². The fraction of sp³-hybridized carbons (Fsp3) is 0.0667. The van der Waals surface area contributed by atoms with E-state index < -0.39 is 5.91 Å². The third-order valence-electron chi connectivity index (χ3n) is 2.80. The maximum atomic E-state index is 12.0. The maximum Gasteiger partial charge on any atom is 0.272 e. The van der Waals surface area contributed by atoms with E-state index in [0.717, 1.165) is 5.56 Å². The van der Waals surface area contributed by atoms with Gasteiger partial charge in [0.05, 0.1) is 21.8 Å². The molecule has 7 heteroatoms. The Morgan fingerprint density at radius 1 is 1.27 bits per heavy atom. The summed E-state index contributed by atoms with van der Waals surface area (Å²) in [6.45, 7) is 1.88. The van der Waals surface area contributed by atoms with Gasteiger partial charge in [-0.15, -0.1) is 0 Å². The van der Waals surface area contributed by atoms with Gasteiger partial charge >= 0.3 is 0 Å². The van der Waals surface area contributed by atoms with Crippen LogP contribution in [0.2, 0.25) is 10.0 Å². The van der Waals surface area contributed by atoms with Crippen LogP contribution < -0.4 is 5.43 Å². The van der Waals surface area contributed by atoms with Gasteiger partial charge in [-0.1, -0.05) is 45.2 Å². The minimum Gasteiger partial charge on any atom is -0.506 e. The number of benzene rings is 2.